The summed E-state index contributed by atoms with van der Waals surface area (Å²) in [6.07, 6.45) is 2.79. The van der Waals surface area contributed by atoms with E-state index in [2.05, 4.69) is 20.1 Å². The van der Waals surface area contributed by atoms with E-state index in [1.807, 2.05) is 0 Å². The average molecular weight is 138 g/mol. The summed E-state index contributed by atoms with van der Waals surface area (Å²) in [5.74, 6) is 1.10. The van der Waals surface area contributed by atoms with Crippen LogP contribution in [-0.4, -0.2) is 27.9 Å². The van der Waals surface area contributed by atoms with Crippen LogP contribution in [0.3, 0.4) is 0 Å². The van der Waals surface area contributed by atoms with Crippen molar-refractivity contribution in [1.82, 2.24) is 20.1 Å². The van der Waals surface area contributed by atoms with Crippen LogP contribution in [0.5, 0.6) is 0 Å². The molecule has 0 aliphatic carbocycles. The highest BCUT2D eigenvalue weighted by Crippen LogP contribution is 1.97. The smallest absolute Gasteiger partial charge is 0.134 e. The third-order valence-corrected chi connectivity index (χ3v) is 1.75. The maximum absolute atomic E-state index is 3.99. The van der Waals surface area contributed by atoms with Gasteiger partial charge in [-0.1, -0.05) is 0 Å². The highest BCUT2D eigenvalue weighted by atomic mass is 15.3. The van der Waals surface area contributed by atoms with Gasteiger partial charge in [0.1, 0.15) is 12.2 Å². The highest BCUT2D eigenvalue weighted by molar-refractivity contribution is 4.88. The number of aromatic nitrogens is 3. The van der Waals surface area contributed by atoms with E-state index in [1.165, 1.54) is 0 Å². The maximum Gasteiger partial charge on any atom is 0.134 e. The van der Waals surface area contributed by atoms with Crippen molar-refractivity contribution in [3.8, 4) is 0 Å². The Morgan fingerprint density at radius 3 is 3.50 bits per heavy atom. The Bertz CT molecular complexity index is 197. The molecular weight excluding hydrogens is 128 g/mol. The zero-order valence-corrected chi connectivity index (χ0v) is 5.75. The number of nitrogens with one attached hydrogen (secondary N) is 1. The molecule has 0 atom stereocenters. The normalized spacial score (nSPS) is 18.0. The minimum absolute atomic E-state index is 1.00. The lowest BCUT2D eigenvalue weighted by Gasteiger charge is -1.97. The molecule has 2 heterocycles. The third-order valence-electron chi connectivity index (χ3n) is 1.75. The summed E-state index contributed by atoms with van der Waals surface area (Å²) in [6.45, 7) is 3.06. The molecule has 1 aliphatic rings. The molecule has 1 N–H and O–H groups in total. The standard InChI is InChI=1S/C6H10N4/c1-2-7-3-4-10-5-8-9-6(1)10/h5,7H,1-4H2. The quantitative estimate of drug-likeness (QED) is 0.521. The summed E-state index contributed by atoms with van der Waals surface area (Å²) >= 11 is 0. The van der Waals surface area contributed by atoms with E-state index >= 15 is 0 Å². The van der Waals surface area contributed by atoms with Gasteiger partial charge in [-0.3, -0.25) is 0 Å². The monoisotopic (exact) mass is 138 g/mol. The molecule has 0 bridgehead atoms. The fraction of sp³-hybridized carbons (Fsp3) is 0.667. The van der Waals surface area contributed by atoms with Crippen molar-refractivity contribution in [1.29, 1.82) is 0 Å². The van der Waals surface area contributed by atoms with Crippen molar-refractivity contribution in [3.63, 3.8) is 0 Å². The van der Waals surface area contributed by atoms with Crippen LogP contribution in [0, 0.1) is 0 Å². The van der Waals surface area contributed by atoms with Crippen molar-refractivity contribution in [2.75, 3.05) is 13.1 Å². The summed E-state index contributed by atoms with van der Waals surface area (Å²) < 4.78 is 2.10. The first-order valence-electron chi connectivity index (χ1n) is 3.54. The van der Waals surface area contributed by atoms with E-state index in [4.69, 9.17) is 0 Å². The first kappa shape index (κ1) is 5.85. The predicted molar refractivity (Wildman–Crippen MR) is 36.6 cm³/mol. The molecule has 0 aromatic carbocycles. The topological polar surface area (TPSA) is 42.7 Å². The molecule has 0 radical (unpaired) electrons. The molecule has 0 saturated heterocycles. The molecule has 0 amide bonds. The van der Waals surface area contributed by atoms with Gasteiger partial charge in [0.25, 0.3) is 0 Å². The van der Waals surface area contributed by atoms with Crippen LogP contribution in [0.2, 0.25) is 0 Å². The first-order valence-corrected chi connectivity index (χ1v) is 3.54. The average Bonchev–Trinajstić information content (AvgIpc) is 2.28. The summed E-state index contributed by atoms with van der Waals surface area (Å²) in [4.78, 5) is 0. The number of hydrogen-bond donors (Lipinski definition) is 1. The molecule has 0 unspecified atom stereocenters. The summed E-state index contributed by atoms with van der Waals surface area (Å²) in [5, 5.41) is 11.1. The zero-order chi connectivity index (χ0) is 6.81. The second-order valence-corrected chi connectivity index (χ2v) is 2.44. The Morgan fingerprint density at radius 2 is 2.50 bits per heavy atom. The molecule has 0 spiro atoms. The molecule has 10 heavy (non-hydrogen) atoms. The van der Waals surface area contributed by atoms with Crippen LogP contribution in [0.25, 0.3) is 0 Å². The van der Waals surface area contributed by atoms with Gasteiger partial charge in [0.05, 0.1) is 0 Å². The fourth-order valence-electron chi connectivity index (χ4n) is 1.18. The van der Waals surface area contributed by atoms with Crippen molar-refractivity contribution < 1.29 is 0 Å². The number of rotatable bonds is 0. The van der Waals surface area contributed by atoms with Gasteiger partial charge in [-0.15, -0.1) is 10.2 Å². The van der Waals surface area contributed by atoms with Gasteiger partial charge in [-0.05, 0) is 0 Å². The van der Waals surface area contributed by atoms with Gasteiger partial charge < -0.3 is 9.88 Å². The second-order valence-electron chi connectivity index (χ2n) is 2.44. The van der Waals surface area contributed by atoms with E-state index in [-0.39, 0.29) is 0 Å². The Balaban J connectivity index is 2.28. The van der Waals surface area contributed by atoms with Crippen molar-refractivity contribution in [3.05, 3.63) is 12.2 Å². The lowest BCUT2D eigenvalue weighted by Crippen LogP contribution is -2.17. The Morgan fingerprint density at radius 1 is 1.50 bits per heavy atom. The van der Waals surface area contributed by atoms with E-state index in [9.17, 15) is 0 Å². The lowest BCUT2D eigenvalue weighted by atomic mass is 10.4. The van der Waals surface area contributed by atoms with Crippen LogP contribution < -0.4 is 5.32 Å². The molecule has 4 heteroatoms. The molecular formula is C6H10N4. The lowest BCUT2D eigenvalue weighted by molar-refractivity contribution is 0.643. The number of hydrogen-bond acceptors (Lipinski definition) is 3. The fourth-order valence-corrected chi connectivity index (χ4v) is 1.18. The SMILES string of the molecule is c1nnc2n1CCNCC2. The van der Waals surface area contributed by atoms with Gasteiger partial charge >= 0.3 is 0 Å². The minimum Gasteiger partial charge on any atom is -0.316 e. The maximum atomic E-state index is 3.99. The van der Waals surface area contributed by atoms with Gasteiger partial charge in [-0.25, -0.2) is 0 Å². The molecule has 2 rings (SSSR count). The largest absolute Gasteiger partial charge is 0.316 e. The van der Waals surface area contributed by atoms with E-state index in [0.717, 1.165) is 31.9 Å². The molecule has 54 valence electrons. The second kappa shape index (κ2) is 2.38. The van der Waals surface area contributed by atoms with Crippen molar-refractivity contribution >= 4 is 0 Å². The van der Waals surface area contributed by atoms with Crippen molar-refractivity contribution in [2.24, 2.45) is 0 Å². The Labute approximate surface area is 59.3 Å². The molecule has 0 fully saturated rings. The highest BCUT2D eigenvalue weighted by Gasteiger charge is 2.06. The summed E-state index contributed by atoms with van der Waals surface area (Å²) in [7, 11) is 0. The number of fused-ring (bicyclic) bond motifs is 1. The van der Waals surface area contributed by atoms with Crippen LogP contribution in [0.15, 0.2) is 6.33 Å². The van der Waals surface area contributed by atoms with Gasteiger partial charge in [0.2, 0.25) is 0 Å². The van der Waals surface area contributed by atoms with Crippen LogP contribution in [0.1, 0.15) is 5.82 Å². The molecule has 1 aliphatic heterocycles. The summed E-state index contributed by atoms with van der Waals surface area (Å²) in [6, 6.07) is 0. The zero-order valence-electron chi connectivity index (χ0n) is 5.75. The van der Waals surface area contributed by atoms with Gasteiger partial charge in [0, 0.05) is 26.1 Å². The number of nitrogens with zero attached hydrogens (tertiary/aromatic N) is 3. The Kier molecular flexibility index (Phi) is 1.39. The Hall–Kier alpha value is -0.900. The molecule has 4 nitrogen and oxygen atoms in total. The van der Waals surface area contributed by atoms with E-state index < -0.39 is 0 Å². The van der Waals surface area contributed by atoms with Crippen LogP contribution >= 0.6 is 0 Å². The first-order chi connectivity index (χ1) is 4.97. The predicted octanol–water partition coefficient (Wildman–Crippen LogP) is -0.576. The molecule has 1 aromatic heterocycles. The van der Waals surface area contributed by atoms with Gasteiger partial charge in [-0.2, -0.15) is 0 Å². The van der Waals surface area contributed by atoms with Crippen LogP contribution in [-0.2, 0) is 13.0 Å². The van der Waals surface area contributed by atoms with Gasteiger partial charge in [0.15, 0.2) is 0 Å². The molecule has 0 saturated carbocycles. The summed E-state index contributed by atoms with van der Waals surface area (Å²) in [5.41, 5.74) is 0. The van der Waals surface area contributed by atoms with E-state index in [0.29, 0.717) is 0 Å². The third kappa shape index (κ3) is 0.903. The van der Waals surface area contributed by atoms with Crippen LogP contribution in [0.4, 0.5) is 0 Å². The molecule has 1 aromatic rings. The van der Waals surface area contributed by atoms with E-state index in [1.54, 1.807) is 6.33 Å². The van der Waals surface area contributed by atoms with Crippen molar-refractivity contribution in [2.45, 2.75) is 13.0 Å². The minimum atomic E-state index is 1.00.